The van der Waals surface area contributed by atoms with Crippen LogP contribution in [0.2, 0.25) is 0 Å². The largest absolute Gasteiger partial charge is 1.00 e. The van der Waals surface area contributed by atoms with Crippen molar-refractivity contribution in [2.75, 3.05) is 12.4 Å². The standard InChI is InChI=1S/C12H24O2.C2H6O4S.Na/c1-2-3-4-5-6-7-8-9-10-11-12(13)14;3-1-2-7(4,5)6;/h2-11H2,1H3,(H,13,14);3H,1-2H2,(H,4,5,6);/q;;+1/p-1. The molecule has 8 heteroatoms. The van der Waals surface area contributed by atoms with E-state index >= 15 is 0 Å². The van der Waals surface area contributed by atoms with Gasteiger partial charge in [0.15, 0.2) is 0 Å². The van der Waals surface area contributed by atoms with E-state index in [1.54, 1.807) is 0 Å². The summed E-state index contributed by atoms with van der Waals surface area (Å²) < 4.78 is 28.5. The molecule has 0 spiro atoms. The Hall–Kier alpha value is 0.340. The molecule has 0 aromatic heterocycles. The van der Waals surface area contributed by atoms with E-state index < -0.39 is 28.4 Å². The normalized spacial score (nSPS) is 10.3. The zero-order chi connectivity index (χ0) is 16.6. The molecule has 2 N–H and O–H groups in total. The van der Waals surface area contributed by atoms with Crippen LogP contribution >= 0.6 is 0 Å². The fourth-order valence-corrected chi connectivity index (χ4v) is 1.92. The van der Waals surface area contributed by atoms with Gasteiger partial charge in [0, 0.05) is 6.42 Å². The predicted octanol–water partition coefficient (Wildman–Crippen LogP) is -0.480. The van der Waals surface area contributed by atoms with Gasteiger partial charge in [0.05, 0.1) is 22.5 Å². The van der Waals surface area contributed by atoms with Gasteiger partial charge in [-0.05, 0) is 6.42 Å². The topological polar surface area (TPSA) is 115 Å². The molecular weight excluding hydrogens is 319 g/mol. The van der Waals surface area contributed by atoms with Crippen LogP contribution in [-0.2, 0) is 14.9 Å². The number of hydrogen-bond acceptors (Lipinski definition) is 5. The zero-order valence-corrected chi connectivity index (χ0v) is 16.7. The average molecular weight is 348 g/mol. The molecule has 0 saturated heterocycles. The summed E-state index contributed by atoms with van der Waals surface area (Å²) in [6, 6.07) is 0. The smallest absolute Gasteiger partial charge is 0.748 e. The molecular formula is C14H29NaO6S. The zero-order valence-electron chi connectivity index (χ0n) is 13.9. The van der Waals surface area contributed by atoms with E-state index in [0.29, 0.717) is 6.42 Å². The van der Waals surface area contributed by atoms with Crippen LogP contribution in [0.1, 0.15) is 71.1 Å². The maximum atomic E-state index is 10.2. The van der Waals surface area contributed by atoms with Gasteiger partial charge < -0.3 is 14.8 Å². The summed E-state index contributed by atoms with van der Waals surface area (Å²) >= 11 is 0. The predicted molar refractivity (Wildman–Crippen MR) is 81.1 cm³/mol. The van der Waals surface area contributed by atoms with Crippen molar-refractivity contribution in [3.05, 3.63) is 0 Å². The number of carboxylic acids is 1. The second-order valence-electron chi connectivity index (χ2n) is 4.96. The minimum absolute atomic E-state index is 0. The summed E-state index contributed by atoms with van der Waals surface area (Å²) in [4.78, 5) is 10.2. The van der Waals surface area contributed by atoms with Crippen molar-refractivity contribution in [1.29, 1.82) is 0 Å². The fraction of sp³-hybridized carbons (Fsp3) is 0.929. The Morgan fingerprint density at radius 1 is 0.955 bits per heavy atom. The molecule has 0 aromatic rings. The van der Waals surface area contributed by atoms with E-state index in [2.05, 4.69) is 6.92 Å². The number of unbranched alkanes of at least 4 members (excludes halogenated alkanes) is 8. The number of aliphatic hydroxyl groups excluding tert-OH is 1. The molecule has 0 saturated carbocycles. The van der Waals surface area contributed by atoms with Crippen molar-refractivity contribution in [3.8, 4) is 0 Å². The summed E-state index contributed by atoms with van der Waals surface area (Å²) in [7, 11) is -4.17. The molecule has 0 atom stereocenters. The molecule has 22 heavy (non-hydrogen) atoms. The van der Waals surface area contributed by atoms with Gasteiger partial charge in [0.2, 0.25) is 0 Å². The second-order valence-corrected chi connectivity index (χ2v) is 6.48. The summed E-state index contributed by atoms with van der Waals surface area (Å²) in [6.07, 6.45) is 11.5. The van der Waals surface area contributed by atoms with Crippen LogP contribution in [-0.4, -0.2) is 41.5 Å². The van der Waals surface area contributed by atoms with Crippen LogP contribution in [0, 0.1) is 0 Å². The van der Waals surface area contributed by atoms with E-state index in [1.165, 1.54) is 44.9 Å². The molecule has 0 unspecified atom stereocenters. The molecule has 0 bridgehead atoms. The van der Waals surface area contributed by atoms with Gasteiger partial charge in [-0.15, -0.1) is 0 Å². The van der Waals surface area contributed by atoms with Gasteiger partial charge in [-0.1, -0.05) is 58.3 Å². The third-order valence-corrected chi connectivity index (χ3v) is 3.52. The van der Waals surface area contributed by atoms with Gasteiger partial charge in [0.25, 0.3) is 0 Å². The number of aliphatic carboxylic acids is 1. The molecule has 0 aliphatic heterocycles. The number of hydrogen-bond donors (Lipinski definition) is 2. The Kier molecular flexibility index (Phi) is 24.0. The monoisotopic (exact) mass is 348 g/mol. The molecule has 6 nitrogen and oxygen atoms in total. The van der Waals surface area contributed by atoms with Crippen LogP contribution in [0.4, 0.5) is 0 Å². The Labute approximate surface area is 156 Å². The molecule has 0 aliphatic rings. The summed E-state index contributed by atoms with van der Waals surface area (Å²) in [5.41, 5.74) is 0. The molecule has 0 aromatic carbocycles. The summed E-state index contributed by atoms with van der Waals surface area (Å²) in [6.45, 7) is 1.64. The van der Waals surface area contributed by atoms with Gasteiger partial charge in [0.1, 0.15) is 0 Å². The second kappa shape index (κ2) is 19.4. The average Bonchev–Trinajstić information content (AvgIpc) is 2.36. The maximum Gasteiger partial charge on any atom is 1.00 e. The first kappa shape index (κ1) is 27.2. The van der Waals surface area contributed by atoms with E-state index in [1.807, 2.05) is 0 Å². The number of carbonyl (C=O) groups is 1. The van der Waals surface area contributed by atoms with Crippen molar-refractivity contribution in [2.24, 2.45) is 0 Å². The molecule has 0 amide bonds. The minimum atomic E-state index is -4.17. The maximum absolute atomic E-state index is 10.2. The SMILES string of the molecule is CCCCCCCCCCCC(=O)O.O=S(=O)([O-])CCO.[Na+]. The minimum Gasteiger partial charge on any atom is -0.748 e. The Morgan fingerprint density at radius 2 is 1.36 bits per heavy atom. The number of aliphatic hydroxyl groups is 1. The van der Waals surface area contributed by atoms with Gasteiger partial charge in [-0.25, -0.2) is 8.42 Å². The van der Waals surface area contributed by atoms with Crippen LogP contribution in [0.3, 0.4) is 0 Å². The summed E-state index contributed by atoms with van der Waals surface area (Å²) in [5, 5.41) is 16.2. The van der Waals surface area contributed by atoms with Crippen molar-refractivity contribution >= 4 is 16.1 Å². The van der Waals surface area contributed by atoms with E-state index in [4.69, 9.17) is 10.2 Å². The Balaban J connectivity index is -0.000000385. The van der Waals surface area contributed by atoms with Crippen molar-refractivity contribution in [1.82, 2.24) is 0 Å². The van der Waals surface area contributed by atoms with Crippen LogP contribution in [0.5, 0.6) is 0 Å². The molecule has 0 rings (SSSR count). The van der Waals surface area contributed by atoms with Crippen molar-refractivity contribution < 1.29 is 57.5 Å². The number of rotatable bonds is 12. The van der Waals surface area contributed by atoms with Gasteiger partial charge in [-0.2, -0.15) is 0 Å². The Bertz CT molecular complexity index is 332. The molecule has 0 fully saturated rings. The summed E-state index contributed by atoms with van der Waals surface area (Å²) in [5.74, 6) is -1.35. The molecule has 128 valence electrons. The third kappa shape index (κ3) is 32.3. The van der Waals surface area contributed by atoms with Gasteiger partial charge >= 0.3 is 35.5 Å². The first-order chi connectivity index (χ1) is 9.83. The van der Waals surface area contributed by atoms with Crippen molar-refractivity contribution in [2.45, 2.75) is 71.1 Å². The molecule has 0 aliphatic carbocycles. The number of carboxylic acid groups (broad SMARTS) is 1. The van der Waals surface area contributed by atoms with Crippen LogP contribution < -0.4 is 29.6 Å². The Morgan fingerprint density at radius 3 is 1.64 bits per heavy atom. The first-order valence-electron chi connectivity index (χ1n) is 7.59. The molecule has 0 radical (unpaired) electrons. The quantitative estimate of drug-likeness (QED) is 0.280. The van der Waals surface area contributed by atoms with Crippen LogP contribution in [0.15, 0.2) is 0 Å². The van der Waals surface area contributed by atoms with Crippen LogP contribution in [0.25, 0.3) is 0 Å². The molecule has 0 heterocycles. The van der Waals surface area contributed by atoms with Gasteiger partial charge in [-0.3, -0.25) is 4.79 Å². The van der Waals surface area contributed by atoms with E-state index in [-0.39, 0.29) is 29.6 Å². The third-order valence-electron chi connectivity index (χ3n) is 2.84. The fourth-order valence-electron chi connectivity index (χ4n) is 1.70. The van der Waals surface area contributed by atoms with E-state index in [9.17, 15) is 17.8 Å². The first-order valence-corrected chi connectivity index (χ1v) is 9.17. The van der Waals surface area contributed by atoms with Crippen molar-refractivity contribution in [3.63, 3.8) is 0 Å². The van der Waals surface area contributed by atoms with E-state index in [0.717, 1.165) is 12.8 Å².